The van der Waals surface area contributed by atoms with Crippen molar-refractivity contribution >= 4 is 0 Å². The van der Waals surface area contributed by atoms with Gasteiger partial charge in [-0.05, 0) is 38.1 Å². The molecular formula is C17H36N2O. The first kappa shape index (κ1) is 17.9. The smallest absolute Gasteiger partial charge is 0.0678 e. The van der Waals surface area contributed by atoms with Gasteiger partial charge in [0.05, 0.1) is 12.2 Å². The van der Waals surface area contributed by atoms with E-state index in [4.69, 9.17) is 4.74 Å². The van der Waals surface area contributed by atoms with Gasteiger partial charge in [0, 0.05) is 26.2 Å². The van der Waals surface area contributed by atoms with E-state index in [-0.39, 0.29) is 0 Å². The molecule has 1 aliphatic rings. The van der Waals surface area contributed by atoms with Crippen LogP contribution in [-0.4, -0.2) is 49.8 Å². The Balaban J connectivity index is 2.51. The quantitative estimate of drug-likeness (QED) is 0.741. The molecular weight excluding hydrogens is 248 g/mol. The lowest BCUT2D eigenvalue weighted by Crippen LogP contribution is -2.51. The molecule has 0 aromatic heterocycles. The third kappa shape index (κ3) is 6.55. The second-order valence-electron chi connectivity index (χ2n) is 7.54. The van der Waals surface area contributed by atoms with Crippen molar-refractivity contribution in [3.63, 3.8) is 0 Å². The third-order valence-corrected chi connectivity index (χ3v) is 4.06. The number of nitrogens with one attached hydrogen (secondary N) is 1. The number of ether oxygens (including phenoxy) is 1. The lowest BCUT2D eigenvalue weighted by molar-refractivity contribution is -0.0771. The van der Waals surface area contributed by atoms with Crippen molar-refractivity contribution in [3.05, 3.63) is 0 Å². The summed E-state index contributed by atoms with van der Waals surface area (Å²) in [6, 6.07) is 0. The van der Waals surface area contributed by atoms with Gasteiger partial charge in [-0.3, -0.25) is 4.90 Å². The second kappa shape index (κ2) is 8.35. The molecule has 3 atom stereocenters. The topological polar surface area (TPSA) is 24.5 Å². The first-order chi connectivity index (χ1) is 9.34. The summed E-state index contributed by atoms with van der Waals surface area (Å²) in [5.41, 5.74) is 0.375. The van der Waals surface area contributed by atoms with Crippen LogP contribution in [0.25, 0.3) is 0 Å². The lowest BCUT2D eigenvalue weighted by Gasteiger charge is -2.41. The molecule has 0 saturated carbocycles. The Hall–Kier alpha value is -0.120. The molecule has 3 unspecified atom stereocenters. The van der Waals surface area contributed by atoms with Crippen molar-refractivity contribution in [1.29, 1.82) is 0 Å². The maximum atomic E-state index is 5.85. The van der Waals surface area contributed by atoms with Crippen LogP contribution < -0.4 is 5.32 Å². The molecule has 3 heteroatoms. The van der Waals surface area contributed by atoms with E-state index in [1.54, 1.807) is 0 Å². The Bertz CT molecular complexity index is 260. The molecule has 0 bridgehead atoms. The van der Waals surface area contributed by atoms with Crippen molar-refractivity contribution in [2.24, 2.45) is 11.3 Å². The molecule has 1 aliphatic heterocycles. The predicted molar refractivity (Wildman–Crippen MR) is 87.2 cm³/mol. The minimum atomic E-state index is 0.369. The normalized spacial score (nSPS) is 27.8. The fourth-order valence-electron chi connectivity index (χ4n) is 3.44. The van der Waals surface area contributed by atoms with Gasteiger partial charge in [0.25, 0.3) is 0 Å². The summed E-state index contributed by atoms with van der Waals surface area (Å²) in [4.78, 5) is 2.60. The van der Waals surface area contributed by atoms with Gasteiger partial charge in [-0.25, -0.2) is 0 Å². The minimum absolute atomic E-state index is 0.369. The first-order valence-electron chi connectivity index (χ1n) is 8.43. The molecule has 20 heavy (non-hydrogen) atoms. The highest BCUT2D eigenvalue weighted by atomic mass is 16.5. The zero-order chi connectivity index (χ0) is 15.2. The fraction of sp³-hybridized carbons (Fsp3) is 1.00. The van der Waals surface area contributed by atoms with Gasteiger partial charge in [0.1, 0.15) is 0 Å². The van der Waals surface area contributed by atoms with Crippen LogP contribution in [0, 0.1) is 11.3 Å². The van der Waals surface area contributed by atoms with Crippen LogP contribution in [0.5, 0.6) is 0 Å². The summed E-state index contributed by atoms with van der Waals surface area (Å²) in [7, 11) is 0. The highest BCUT2D eigenvalue weighted by Gasteiger charge is 2.30. The zero-order valence-electron chi connectivity index (χ0n) is 14.5. The fourth-order valence-corrected chi connectivity index (χ4v) is 3.44. The zero-order valence-corrected chi connectivity index (χ0v) is 14.5. The molecule has 0 aromatic carbocycles. The van der Waals surface area contributed by atoms with E-state index in [2.05, 4.69) is 51.8 Å². The van der Waals surface area contributed by atoms with Crippen molar-refractivity contribution in [2.45, 2.75) is 66.6 Å². The number of nitrogens with zero attached hydrogens (tertiary/aromatic N) is 1. The Labute approximate surface area is 126 Å². The van der Waals surface area contributed by atoms with E-state index < -0.39 is 0 Å². The minimum Gasteiger partial charge on any atom is -0.373 e. The number of morpholine rings is 1. The van der Waals surface area contributed by atoms with E-state index in [0.717, 1.165) is 32.1 Å². The molecule has 1 fully saturated rings. The van der Waals surface area contributed by atoms with E-state index in [9.17, 15) is 0 Å². The maximum Gasteiger partial charge on any atom is 0.0678 e. The lowest BCUT2D eigenvalue weighted by atomic mass is 9.84. The molecule has 0 amide bonds. The number of rotatable bonds is 8. The van der Waals surface area contributed by atoms with Crippen LogP contribution in [0.3, 0.4) is 0 Å². The number of hydrogen-bond acceptors (Lipinski definition) is 3. The van der Waals surface area contributed by atoms with Crippen LogP contribution >= 0.6 is 0 Å². The average Bonchev–Trinajstić information content (AvgIpc) is 2.26. The maximum absolute atomic E-state index is 5.85. The van der Waals surface area contributed by atoms with Crippen molar-refractivity contribution in [3.8, 4) is 0 Å². The molecule has 0 aliphatic carbocycles. The standard InChI is InChI=1S/C17H36N2O/c1-7-8-17(6,12-18-9-14(2)3)13-19-10-15(4)20-16(5)11-19/h14-16,18H,7-13H2,1-6H3. The van der Waals surface area contributed by atoms with E-state index in [1.807, 2.05) is 0 Å². The van der Waals surface area contributed by atoms with Gasteiger partial charge in [0.15, 0.2) is 0 Å². The molecule has 3 nitrogen and oxygen atoms in total. The summed E-state index contributed by atoms with van der Waals surface area (Å²) < 4.78 is 5.85. The van der Waals surface area contributed by atoms with Crippen LogP contribution in [0.1, 0.15) is 54.4 Å². The molecule has 1 heterocycles. The predicted octanol–water partition coefficient (Wildman–Crippen LogP) is 3.15. The van der Waals surface area contributed by atoms with Crippen LogP contribution in [0.4, 0.5) is 0 Å². The Morgan fingerprint density at radius 2 is 1.85 bits per heavy atom. The van der Waals surface area contributed by atoms with Crippen molar-refractivity contribution in [2.75, 3.05) is 32.7 Å². The monoisotopic (exact) mass is 284 g/mol. The van der Waals surface area contributed by atoms with E-state index in [1.165, 1.54) is 19.4 Å². The molecule has 0 aromatic rings. The Kier molecular flexibility index (Phi) is 7.49. The van der Waals surface area contributed by atoms with Crippen LogP contribution in [0.2, 0.25) is 0 Å². The van der Waals surface area contributed by atoms with Gasteiger partial charge in [-0.1, -0.05) is 34.1 Å². The summed E-state index contributed by atoms with van der Waals surface area (Å²) in [5.74, 6) is 0.726. The molecule has 120 valence electrons. The first-order valence-corrected chi connectivity index (χ1v) is 8.43. The van der Waals surface area contributed by atoms with Gasteiger partial charge in [0.2, 0.25) is 0 Å². The van der Waals surface area contributed by atoms with Crippen LogP contribution in [0.15, 0.2) is 0 Å². The van der Waals surface area contributed by atoms with E-state index >= 15 is 0 Å². The van der Waals surface area contributed by atoms with Gasteiger partial charge >= 0.3 is 0 Å². The number of hydrogen-bond donors (Lipinski definition) is 1. The van der Waals surface area contributed by atoms with Crippen molar-refractivity contribution in [1.82, 2.24) is 10.2 Å². The molecule has 1 N–H and O–H groups in total. The summed E-state index contributed by atoms with van der Waals surface area (Å²) in [5, 5.41) is 3.66. The molecule has 0 spiro atoms. The van der Waals surface area contributed by atoms with E-state index in [0.29, 0.717) is 17.6 Å². The highest BCUT2D eigenvalue weighted by molar-refractivity contribution is 4.84. The SMILES string of the molecule is CCCC(C)(CNCC(C)C)CN1CC(C)OC(C)C1. The summed E-state index contributed by atoms with van der Waals surface area (Å²) in [6.07, 6.45) is 3.29. The third-order valence-electron chi connectivity index (χ3n) is 4.06. The highest BCUT2D eigenvalue weighted by Crippen LogP contribution is 2.26. The van der Waals surface area contributed by atoms with Gasteiger partial charge in [-0.2, -0.15) is 0 Å². The molecule has 1 rings (SSSR count). The molecule has 0 radical (unpaired) electrons. The largest absolute Gasteiger partial charge is 0.373 e. The Morgan fingerprint density at radius 1 is 1.25 bits per heavy atom. The summed E-state index contributed by atoms with van der Waals surface area (Å²) >= 11 is 0. The van der Waals surface area contributed by atoms with Crippen molar-refractivity contribution < 1.29 is 4.74 Å². The second-order valence-corrected chi connectivity index (χ2v) is 7.54. The van der Waals surface area contributed by atoms with Gasteiger partial charge < -0.3 is 10.1 Å². The average molecular weight is 284 g/mol. The van der Waals surface area contributed by atoms with Gasteiger partial charge in [-0.15, -0.1) is 0 Å². The Morgan fingerprint density at radius 3 is 2.35 bits per heavy atom. The molecule has 1 saturated heterocycles. The van der Waals surface area contributed by atoms with Crippen LogP contribution in [-0.2, 0) is 4.74 Å². The summed E-state index contributed by atoms with van der Waals surface area (Å²) in [6.45, 7) is 19.2.